The summed E-state index contributed by atoms with van der Waals surface area (Å²) in [6, 6.07) is 17.3. The number of benzene rings is 2. The molecule has 5 nitrogen and oxygen atoms in total. The summed E-state index contributed by atoms with van der Waals surface area (Å²) < 4.78 is 6.25. The first-order valence-electron chi connectivity index (χ1n) is 8.68. The molecule has 2 aromatic carbocycles. The van der Waals surface area contributed by atoms with Crippen molar-refractivity contribution < 1.29 is 19.1 Å². The minimum atomic E-state index is -1.25. The summed E-state index contributed by atoms with van der Waals surface area (Å²) in [6.07, 6.45) is 1.64. The Balaban J connectivity index is 1.60. The highest BCUT2D eigenvalue weighted by molar-refractivity contribution is 8.27. The van der Waals surface area contributed by atoms with Gasteiger partial charge in [-0.3, -0.25) is 9.69 Å². The highest BCUT2D eigenvalue weighted by atomic mass is 32.2. The normalized spacial score (nSPS) is 15.3. The van der Waals surface area contributed by atoms with Gasteiger partial charge in [0.25, 0.3) is 5.91 Å². The molecule has 1 amide bonds. The molecule has 1 aliphatic heterocycles. The lowest BCUT2D eigenvalue weighted by Crippen LogP contribution is -2.27. The van der Waals surface area contributed by atoms with Crippen LogP contribution in [-0.2, 0) is 4.79 Å². The molecule has 144 valence electrons. The first kappa shape index (κ1) is 19.2. The molecule has 4 rings (SSSR count). The second-order valence-electron chi connectivity index (χ2n) is 6.42. The van der Waals surface area contributed by atoms with Gasteiger partial charge in [0.2, 0.25) is 0 Å². The van der Waals surface area contributed by atoms with Gasteiger partial charge in [0.15, 0.2) is 4.32 Å². The quantitative estimate of drug-likeness (QED) is 0.469. The third-order valence-electron chi connectivity index (χ3n) is 4.37. The van der Waals surface area contributed by atoms with Crippen LogP contribution in [0.2, 0.25) is 0 Å². The Labute approximate surface area is 176 Å². The second-order valence-corrected chi connectivity index (χ2v) is 8.10. The van der Waals surface area contributed by atoms with Crippen molar-refractivity contribution in [1.82, 2.24) is 0 Å². The number of anilines is 1. The molecular weight excluding hydrogens is 406 g/mol. The molecule has 1 fully saturated rings. The monoisotopic (exact) mass is 420 g/mol. The topological polar surface area (TPSA) is 73.6 Å². The van der Waals surface area contributed by atoms with E-state index in [0.29, 0.717) is 26.3 Å². The Bertz CT molecular complexity index is 1160. The standard InChI is InChI=1S/C22H15NO4S2/c1-13-5-7-16(8-6-13)23-20(24)19(29-22(23)28)12-17-9-10-18(27-17)14-3-2-4-15(11-14)21(25)26/h2-12H,1H3,(H,25,26)/p-1/b19-12-. The molecule has 1 aliphatic rings. The average Bonchev–Trinajstić information content (AvgIpc) is 3.28. The minimum absolute atomic E-state index is 0.0689. The average molecular weight is 420 g/mol. The molecule has 29 heavy (non-hydrogen) atoms. The maximum atomic E-state index is 12.8. The van der Waals surface area contributed by atoms with Gasteiger partial charge in [0, 0.05) is 11.6 Å². The van der Waals surface area contributed by atoms with Gasteiger partial charge in [-0.05, 0) is 42.8 Å². The van der Waals surface area contributed by atoms with Crippen molar-refractivity contribution in [2.45, 2.75) is 6.92 Å². The Morgan fingerprint density at radius 2 is 1.90 bits per heavy atom. The molecule has 0 radical (unpaired) electrons. The summed E-state index contributed by atoms with van der Waals surface area (Å²) in [5, 5.41) is 11.0. The SMILES string of the molecule is Cc1ccc(N2C(=O)/C(=C/c3ccc(-c4cccc(C(=O)[O-])c4)o3)SC2=S)cc1. The van der Waals surface area contributed by atoms with Crippen LogP contribution in [0.15, 0.2) is 70.0 Å². The molecule has 0 aliphatic carbocycles. The van der Waals surface area contributed by atoms with Gasteiger partial charge in [-0.1, -0.05) is 59.9 Å². The summed E-state index contributed by atoms with van der Waals surface area (Å²) in [7, 11) is 0. The Morgan fingerprint density at radius 3 is 2.62 bits per heavy atom. The lowest BCUT2D eigenvalue weighted by molar-refractivity contribution is -0.255. The van der Waals surface area contributed by atoms with Gasteiger partial charge in [0.05, 0.1) is 16.6 Å². The van der Waals surface area contributed by atoms with Crippen molar-refractivity contribution in [1.29, 1.82) is 0 Å². The lowest BCUT2D eigenvalue weighted by atomic mass is 10.1. The minimum Gasteiger partial charge on any atom is -0.545 e. The van der Waals surface area contributed by atoms with Gasteiger partial charge >= 0.3 is 0 Å². The maximum Gasteiger partial charge on any atom is 0.270 e. The van der Waals surface area contributed by atoms with Crippen LogP contribution >= 0.6 is 24.0 Å². The van der Waals surface area contributed by atoms with Crippen LogP contribution in [0.4, 0.5) is 5.69 Å². The van der Waals surface area contributed by atoms with E-state index in [1.807, 2.05) is 31.2 Å². The molecule has 0 N–H and O–H groups in total. The smallest absolute Gasteiger partial charge is 0.270 e. The van der Waals surface area contributed by atoms with Crippen LogP contribution in [0.3, 0.4) is 0 Å². The number of carboxylic acids is 1. The van der Waals surface area contributed by atoms with Crippen LogP contribution in [0.5, 0.6) is 0 Å². The molecule has 0 bridgehead atoms. The zero-order valence-electron chi connectivity index (χ0n) is 15.2. The molecule has 0 unspecified atom stereocenters. The van der Waals surface area contributed by atoms with E-state index in [1.54, 1.807) is 30.3 Å². The lowest BCUT2D eigenvalue weighted by Gasteiger charge is -2.14. The zero-order chi connectivity index (χ0) is 20.5. The molecule has 0 saturated carbocycles. The van der Waals surface area contributed by atoms with Gasteiger partial charge in [-0.15, -0.1) is 0 Å². The number of carboxylic acid groups (broad SMARTS) is 1. The van der Waals surface area contributed by atoms with Crippen molar-refractivity contribution in [2.24, 2.45) is 0 Å². The van der Waals surface area contributed by atoms with E-state index >= 15 is 0 Å². The Hall–Kier alpha value is -3.16. The molecule has 2 heterocycles. The summed E-state index contributed by atoms with van der Waals surface area (Å²) in [6.45, 7) is 1.98. The van der Waals surface area contributed by atoms with Crippen molar-refractivity contribution in [3.63, 3.8) is 0 Å². The Kier molecular flexibility index (Phi) is 5.08. The molecule has 7 heteroatoms. The summed E-state index contributed by atoms with van der Waals surface area (Å²) in [5.41, 5.74) is 2.50. The van der Waals surface area contributed by atoms with Gasteiger partial charge in [0.1, 0.15) is 11.5 Å². The van der Waals surface area contributed by atoms with E-state index in [-0.39, 0.29) is 11.5 Å². The number of thiocarbonyl (C=S) groups is 1. The first-order valence-corrected chi connectivity index (χ1v) is 9.91. The number of nitrogens with zero attached hydrogens (tertiary/aromatic N) is 1. The number of hydrogen-bond acceptors (Lipinski definition) is 6. The largest absolute Gasteiger partial charge is 0.545 e. The molecule has 1 aromatic heterocycles. The number of carbonyl (C=O) groups is 2. The first-order chi connectivity index (χ1) is 13.9. The van der Waals surface area contributed by atoms with Crippen LogP contribution < -0.4 is 10.0 Å². The van der Waals surface area contributed by atoms with Crippen molar-refractivity contribution in [3.05, 3.63) is 82.5 Å². The number of thioether (sulfide) groups is 1. The van der Waals surface area contributed by atoms with Gasteiger partial charge in [-0.25, -0.2) is 0 Å². The predicted octanol–water partition coefficient (Wildman–Crippen LogP) is 4.02. The number of carbonyl (C=O) groups excluding carboxylic acids is 2. The number of furan rings is 1. The van der Waals surface area contributed by atoms with E-state index in [1.165, 1.54) is 28.8 Å². The fourth-order valence-corrected chi connectivity index (χ4v) is 4.18. The van der Waals surface area contributed by atoms with Crippen molar-refractivity contribution in [3.8, 4) is 11.3 Å². The summed E-state index contributed by atoms with van der Waals surface area (Å²) in [4.78, 5) is 25.8. The second kappa shape index (κ2) is 7.69. The van der Waals surface area contributed by atoms with E-state index in [2.05, 4.69) is 0 Å². The number of aryl methyl sites for hydroxylation is 1. The maximum absolute atomic E-state index is 12.8. The van der Waals surface area contributed by atoms with E-state index in [9.17, 15) is 14.7 Å². The number of rotatable bonds is 4. The van der Waals surface area contributed by atoms with Crippen LogP contribution in [-0.4, -0.2) is 16.2 Å². The predicted molar refractivity (Wildman–Crippen MR) is 115 cm³/mol. The number of amides is 1. The number of aromatic carboxylic acids is 1. The fourth-order valence-electron chi connectivity index (χ4n) is 2.90. The molecule has 1 saturated heterocycles. The molecule has 3 aromatic rings. The number of hydrogen-bond donors (Lipinski definition) is 0. The molecule has 0 spiro atoms. The summed E-state index contributed by atoms with van der Waals surface area (Å²) >= 11 is 6.59. The van der Waals surface area contributed by atoms with E-state index in [4.69, 9.17) is 16.6 Å². The molecular formula is C22H14NO4S2-. The molecule has 0 atom stereocenters. The summed E-state index contributed by atoms with van der Waals surface area (Å²) in [5.74, 6) is -0.490. The van der Waals surface area contributed by atoms with Crippen LogP contribution in [0, 0.1) is 6.92 Å². The van der Waals surface area contributed by atoms with E-state index < -0.39 is 5.97 Å². The van der Waals surface area contributed by atoms with E-state index in [0.717, 1.165) is 11.3 Å². The van der Waals surface area contributed by atoms with Gasteiger partial charge in [-0.2, -0.15) is 0 Å². The van der Waals surface area contributed by atoms with Crippen LogP contribution in [0.1, 0.15) is 21.7 Å². The third kappa shape index (κ3) is 3.87. The Morgan fingerprint density at radius 1 is 1.14 bits per heavy atom. The van der Waals surface area contributed by atoms with Crippen molar-refractivity contribution >= 4 is 51.9 Å². The fraction of sp³-hybridized carbons (Fsp3) is 0.0455. The zero-order valence-corrected chi connectivity index (χ0v) is 16.9. The van der Waals surface area contributed by atoms with Crippen molar-refractivity contribution in [2.75, 3.05) is 4.90 Å². The van der Waals surface area contributed by atoms with Gasteiger partial charge < -0.3 is 14.3 Å². The third-order valence-corrected chi connectivity index (χ3v) is 5.67. The highest BCUT2D eigenvalue weighted by Crippen LogP contribution is 2.36. The highest BCUT2D eigenvalue weighted by Gasteiger charge is 2.33. The van der Waals surface area contributed by atoms with Crippen LogP contribution in [0.25, 0.3) is 17.4 Å².